The number of carbonyl (C=O) groups is 3. The number of nitrogens with zero attached hydrogens (tertiary/aromatic N) is 1. The molecule has 0 aromatic rings. The molecule has 0 saturated heterocycles. The van der Waals surface area contributed by atoms with Gasteiger partial charge in [0.15, 0.2) is 0 Å². The number of urea groups is 1. The van der Waals surface area contributed by atoms with Crippen LogP contribution in [0.25, 0.3) is 0 Å². The van der Waals surface area contributed by atoms with Crippen LogP contribution < -0.4 is 11.1 Å². The monoisotopic (exact) mass is 293 g/mol. The number of aliphatic carboxylic acids is 1. The van der Waals surface area contributed by atoms with Crippen LogP contribution in [-0.2, 0) is 9.53 Å². The molecule has 0 spiro atoms. The Kier molecular flexibility index (Phi) is 6.46. The predicted octanol–water partition coefficient (Wildman–Crippen LogP) is 0.580. The van der Waals surface area contributed by atoms with Gasteiger partial charge in [0.05, 0.1) is 0 Å². The number of thiol groups is 1. The van der Waals surface area contributed by atoms with E-state index >= 15 is 0 Å². The molecule has 0 radical (unpaired) electrons. The molecule has 0 rings (SSSR count). The van der Waals surface area contributed by atoms with Crippen molar-refractivity contribution in [2.75, 3.05) is 6.54 Å². The average Bonchev–Trinajstić information content (AvgIpc) is 2.20. The molecule has 0 aliphatic carbocycles. The number of amides is 3. The lowest BCUT2D eigenvalue weighted by molar-refractivity contribution is -0.139. The van der Waals surface area contributed by atoms with Crippen molar-refractivity contribution >= 4 is 30.9 Å². The van der Waals surface area contributed by atoms with Crippen molar-refractivity contribution in [1.29, 1.82) is 0 Å². The number of nitrogens with one attached hydrogen (secondary N) is 1. The van der Waals surface area contributed by atoms with Gasteiger partial charge in [0.1, 0.15) is 11.6 Å². The number of hydrogen-bond donors (Lipinski definition) is 4. The third-order valence-corrected chi connectivity index (χ3v) is 2.27. The van der Waals surface area contributed by atoms with Crippen molar-refractivity contribution in [3.05, 3.63) is 0 Å². The summed E-state index contributed by atoms with van der Waals surface area (Å²) in [6.45, 7) is 4.95. The van der Waals surface area contributed by atoms with Crippen LogP contribution in [0.2, 0.25) is 0 Å². The Morgan fingerprint density at radius 2 is 1.95 bits per heavy atom. The van der Waals surface area contributed by atoms with Gasteiger partial charge in [0.25, 0.3) is 0 Å². The minimum absolute atomic E-state index is 0.0226. The summed E-state index contributed by atoms with van der Waals surface area (Å²) in [4.78, 5) is 33.1. The second kappa shape index (κ2) is 7.07. The maximum absolute atomic E-state index is 11.4. The third-order valence-electron chi connectivity index (χ3n) is 1.87. The number of nitrogens with two attached hydrogens (primary N) is 1. The van der Waals surface area contributed by atoms with E-state index in [1.807, 2.05) is 0 Å². The topological polar surface area (TPSA) is 122 Å². The SMILES string of the molecule is CC(C)(C)OC(=O)NC(CCN(S)C(N)=O)C(=O)O. The molecule has 110 valence electrons. The van der Waals surface area contributed by atoms with Crippen LogP contribution in [0.5, 0.6) is 0 Å². The summed E-state index contributed by atoms with van der Waals surface area (Å²) in [5, 5.41) is 11.1. The fourth-order valence-corrected chi connectivity index (χ4v) is 1.18. The predicted molar refractivity (Wildman–Crippen MR) is 70.7 cm³/mol. The van der Waals surface area contributed by atoms with Gasteiger partial charge in [-0.3, -0.25) is 4.31 Å². The molecule has 1 atom stereocenters. The van der Waals surface area contributed by atoms with Crippen LogP contribution in [-0.4, -0.2) is 45.7 Å². The van der Waals surface area contributed by atoms with E-state index in [4.69, 9.17) is 15.6 Å². The van der Waals surface area contributed by atoms with Gasteiger partial charge in [-0.25, -0.2) is 14.4 Å². The second-order valence-corrected chi connectivity index (χ2v) is 5.27. The van der Waals surface area contributed by atoms with Gasteiger partial charge in [0.2, 0.25) is 0 Å². The van der Waals surface area contributed by atoms with E-state index in [9.17, 15) is 14.4 Å². The van der Waals surface area contributed by atoms with Crippen molar-refractivity contribution in [2.45, 2.75) is 38.8 Å². The zero-order chi connectivity index (χ0) is 15.2. The zero-order valence-corrected chi connectivity index (χ0v) is 11.9. The molecule has 3 amide bonds. The molecule has 0 aromatic carbocycles. The quantitative estimate of drug-likeness (QED) is 0.552. The third kappa shape index (κ3) is 8.14. The number of carbonyl (C=O) groups excluding carboxylic acids is 2. The van der Waals surface area contributed by atoms with Gasteiger partial charge in [0, 0.05) is 6.54 Å². The molecule has 0 aliphatic heterocycles. The minimum Gasteiger partial charge on any atom is -0.480 e. The molecule has 19 heavy (non-hydrogen) atoms. The molecular weight excluding hydrogens is 274 g/mol. The van der Waals surface area contributed by atoms with Crippen molar-refractivity contribution in [2.24, 2.45) is 5.73 Å². The normalized spacial score (nSPS) is 12.4. The van der Waals surface area contributed by atoms with E-state index in [-0.39, 0.29) is 13.0 Å². The molecule has 9 heteroatoms. The van der Waals surface area contributed by atoms with Crippen LogP contribution in [0.4, 0.5) is 9.59 Å². The van der Waals surface area contributed by atoms with Crippen LogP contribution >= 0.6 is 12.8 Å². The molecule has 0 heterocycles. The smallest absolute Gasteiger partial charge is 0.408 e. The lowest BCUT2D eigenvalue weighted by atomic mass is 10.2. The Bertz CT molecular complexity index is 356. The highest BCUT2D eigenvalue weighted by Crippen LogP contribution is 2.07. The van der Waals surface area contributed by atoms with Crippen LogP contribution in [0.1, 0.15) is 27.2 Å². The van der Waals surface area contributed by atoms with Gasteiger partial charge >= 0.3 is 18.1 Å². The van der Waals surface area contributed by atoms with E-state index in [0.29, 0.717) is 0 Å². The van der Waals surface area contributed by atoms with Crippen molar-refractivity contribution < 1.29 is 24.2 Å². The highest BCUT2D eigenvalue weighted by Gasteiger charge is 2.24. The lowest BCUT2D eigenvalue weighted by Gasteiger charge is -2.22. The minimum atomic E-state index is -1.24. The molecular formula is C10H19N3O5S. The number of carboxylic acid groups (broad SMARTS) is 1. The van der Waals surface area contributed by atoms with Gasteiger partial charge in [-0.2, -0.15) is 0 Å². The summed E-state index contributed by atoms with van der Waals surface area (Å²) in [6, 6.07) is -1.99. The molecule has 0 aromatic heterocycles. The van der Waals surface area contributed by atoms with Gasteiger partial charge < -0.3 is 20.9 Å². The Labute approximate surface area is 116 Å². The molecule has 8 nitrogen and oxygen atoms in total. The Morgan fingerprint density at radius 1 is 1.42 bits per heavy atom. The Hall–Kier alpha value is -1.64. The number of hydrogen-bond acceptors (Lipinski definition) is 5. The fraction of sp³-hybridized carbons (Fsp3) is 0.700. The van der Waals surface area contributed by atoms with Crippen molar-refractivity contribution in [1.82, 2.24) is 9.62 Å². The summed E-state index contributed by atoms with van der Waals surface area (Å²) in [5.41, 5.74) is 4.21. The molecule has 0 bridgehead atoms. The maximum Gasteiger partial charge on any atom is 0.408 e. The van der Waals surface area contributed by atoms with E-state index in [0.717, 1.165) is 4.31 Å². The van der Waals surface area contributed by atoms with Crippen LogP contribution in [0.15, 0.2) is 0 Å². The first kappa shape index (κ1) is 17.4. The van der Waals surface area contributed by atoms with Crippen molar-refractivity contribution in [3.63, 3.8) is 0 Å². The van der Waals surface area contributed by atoms with E-state index < -0.39 is 29.7 Å². The summed E-state index contributed by atoms with van der Waals surface area (Å²) in [6.07, 6.45) is -0.884. The van der Waals surface area contributed by atoms with Crippen LogP contribution in [0.3, 0.4) is 0 Å². The molecule has 0 aliphatic rings. The fourth-order valence-electron chi connectivity index (χ4n) is 1.07. The number of ether oxygens (including phenoxy) is 1. The van der Waals surface area contributed by atoms with Crippen molar-refractivity contribution in [3.8, 4) is 0 Å². The average molecular weight is 293 g/mol. The summed E-state index contributed by atoms with van der Waals surface area (Å²) >= 11 is 3.75. The van der Waals surface area contributed by atoms with Gasteiger partial charge in [-0.15, -0.1) is 0 Å². The zero-order valence-electron chi connectivity index (χ0n) is 11.0. The highest BCUT2D eigenvalue weighted by molar-refractivity contribution is 7.78. The van der Waals surface area contributed by atoms with Gasteiger partial charge in [-0.1, -0.05) is 12.8 Å². The first-order valence-electron chi connectivity index (χ1n) is 5.51. The Balaban J connectivity index is 4.39. The summed E-state index contributed by atoms with van der Waals surface area (Å²) < 4.78 is 5.79. The van der Waals surface area contributed by atoms with Gasteiger partial charge in [-0.05, 0) is 27.2 Å². The Morgan fingerprint density at radius 3 is 2.32 bits per heavy atom. The lowest BCUT2D eigenvalue weighted by Crippen LogP contribution is -2.45. The summed E-state index contributed by atoms with van der Waals surface area (Å²) in [5.74, 6) is -1.24. The first-order chi connectivity index (χ1) is 8.53. The number of alkyl carbamates (subject to hydrolysis) is 1. The molecule has 0 saturated carbocycles. The highest BCUT2D eigenvalue weighted by atomic mass is 32.1. The first-order valence-corrected chi connectivity index (χ1v) is 5.91. The summed E-state index contributed by atoms with van der Waals surface area (Å²) in [7, 11) is 0. The van der Waals surface area contributed by atoms with Crippen LogP contribution in [0, 0.1) is 0 Å². The number of rotatable bonds is 5. The number of carboxylic acids is 1. The maximum atomic E-state index is 11.4. The van der Waals surface area contributed by atoms with E-state index in [1.54, 1.807) is 20.8 Å². The largest absolute Gasteiger partial charge is 0.480 e. The van der Waals surface area contributed by atoms with E-state index in [2.05, 4.69) is 18.1 Å². The molecule has 1 unspecified atom stereocenters. The number of primary amides is 1. The molecule has 4 N–H and O–H groups in total. The van der Waals surface area contributed by atoms with E-state index in [1.165, 1.54) is 0 Å². The standard InChI is InChI=1S/C10H19N3O5S/c1-10(2,3)18-9(17)12-6(7(14)15)4-5-13(19)8(11)16/h6,19H,4-5H2,1-3H3,(H2,11,16)(H,12,17)(H,14,15). The second-order valence-electron chi connectivity index (χ2n) is 4.79. The molecule has 0 fully saturated rings.